The summed E-state index contributed by atoms with van der Waals surface area (Å²) in [6.07, 6.45) is 1.79. The molecule has 92 valence electrons. The number of benzene rings is 1. The number of amides is 1. The summed E-state index contributed by atoms with van der Waals surface area (Å²) in [6, 6.07) is 8.27. The summed E-state index contributed by atoms with van der Waals surface area (Å²) in [5.74, 6) is 5.16. The van der Waals surface area contributed by atoms with Crippen molar-refractivity contribution in [3.05, 3.63) is 29.8 Å². The highest BCUT2D eigenvalue weighted by atomic mass is 32.2. The highest BCUT2D eigenvalue weighted by Gasteiger charge is 2.50. The van der Waals surface area contributed by atoms with E-state index in [9.17, 15) is 4.79 Å². The van der Waals surface area contributed by atoms with Gasteiger partial charge in [-0.1, -0.05) is 26.0 Å². The van der Waals surface area contributed by atoms with Crippen LogP contribution in [0.1, 0.15) is 32.3 Å². The van der Waals surface area contributed by atoms with E-state index in [0.29, 0.717) is 5.25 Å². The average Bonchev–Trinajstić information content (AvgIpc) is 3.09. The molecule has 0 saturated heterocycles. The largest absolute Gasteiger partial charge is 0.293 e. The Labute approximate surface area is 106 Å². The molecule has 0 radical (unpaired) electrons. The second kappa shape index (κ2) is 4.70. The third-order valence-corrected chi connectivity index (χ3v) is 4.11. The molecule has 0 bridgehead atoms. The molecule has 0 aromatic heterocycles. The molecule has 1 saturated carbocycles. The van der Waals surface area contributed by atoms with Crippen LogP contribution in [0, 0.1) is 0 Å². The van der Waals surface area contributed by atoms with Crippen molar-refractivity contribution in [3.8, 4) is 0 Å². The molecule has 1 aromatic rings. The Kier molecular flexibility index (Phi) is 3.45. The molecule has 1 aliphatic carbocycles. The van der Waals surface area contributed by atoms with Gasteiger partial charge in [0.25, 0.3) is 0 Å². The van der Waals surface area contributed by atoms with E-state index in [-0.39, 0.29) is 11.3 Å². The van der Waals surface area contributed by atoms with Gasteiger partial charge in [0.2, 0.25) is 5.91 Å². The van der Waals surface area contributed by atoms with Crippen LogP contribution in [0.5, 0.6) is 0 Å². The maximum absolute atomic E-state index is 11.7. The maximum Gasteiger partial charge on any atom is 0.244 e. The SMILES string of the molecule is CC(C)Sc1ccc(C2(C(=O)NN)CC2)cc1. The zero-order chi connectivity index (χ0) is 12.5. The standard InChI is InChI=1S/C13H18N2OS/c1-9(2)17-11-5-3-10(4-6-11)13(7-8-13)12(16)15-14/h3-6,9H,7-8,14H2,1-2H3,(H,15,16). The van der Waals surface area contributed by atoms with Crippen LogP contribution in [0.2, 0.25) is 0 Å². The van der Waals surface area contributed by atoms with Gasteiger partial charge in [-0.25, -0.2) is 5.84 Å². The number of hydrazine groups is 1. The molecule has 0 atom stereocenters. The maximum atomic E-state index is 11.7. The molecule has 1 aliphatic rings. The highest BCUT2D eigenvalue weighted by Crippen LogP contribution is 2.48. The van der Waals surface area contributed by atoms with Gasteiger partial charge in [-0.15, -0.1) is 11.8 Å². The molecule has 1 aromatic carbocycles. The van der Waals surface area contributed by atoms with E-state index in [1.54, 1.807) is 0 Å². The van der Waals surface area contributed by atoms with Gasteiger partial charge in [0.15, 0.2) is 0 Å². The molecule has 3 nitrogen and oxygen atoms in total. The summed E-state index contributed by atoms with van der Waals surface area (Å²) in [5.41, 5.74) is 2.99. The molecule has 17 heavy (non-hydrogen) atoms. The van der Waals surface area contributed by atoms with E-state index in [1.807, 2.05) is 23.9 Å². The van der Waals surface area contributed by atoms with Crippen molar-refractivity contribution in [2.24, 2.45) is 5.84 Å². The Balaban J connectivity index is 2.16. The fourth-order valence-corrected chi connectivity index (χ4v) is 2.87. The normalized spacial score (nSPS) is 16.9. The summed E-state index contributed by atoms with van der Waals surface area (Å²) < 4.78 is 0. The lowest BCUT2D eigenvalue weighted by atomic mass is 9.95. The van der Waals surface area contributed by atoms with E-state index in [1.165, 1.54) is 4.90 Å². The lowest BCUT2D eigenvalue weighted by Crippen LogP contribution is -2.39. The fraction of sp³-hybridized carbons (Fsp3) is 0.462. The zero-order valence-corrected chi connectivity index (χ0v) is 11.0. The van der Waals surface area contributed by atoms with E-state index in [0.717, 1.165) is 18.4 Å². The van der Waals surface area contributed by atoms with Crippen LogP contribution < -0.4 is 11.3 Å². The molecule has 4 heteroatoms. The smallest absolute Gasteiger partial charge is 0.244 e. The zero-order valence-electron chi connectivity index (χ0n) is 10.2. The van der Waals surface area contributed by atoms with Gasteiger partial charge in [-0.05, 0) is 30.5 Å². The quantitative estimate of drug-likeness (QED) is 0.373. The molecule has 1 fully saturated rings. The van der Waals surface area contributed by atoms with E-state index < -0.39 is 0 Å². The van der Waals surface area contributed by atoms with E-state index in [4.69, 9.17) is 5.84 Å². The summed E-state index contributed by atoms with van der Waals surface area (Å²) >= 11 is 1.83. The first-order chi connectivity index (χ1) is 8.08. The van der Waals surface area contributed by atoms with Crippen molar-refractivity contribution in [3.63, 3.8) is 0 Å². The number of thioether (sulfide) groups is 1. The van der Waals surface area contributed by atoms with Crippen LogP contribution >= 0.6 is 11.8 Å². The summed E-state index contributed by atoms with van der Waals surface area (Å²) in [6.45, 7) is 4.34. The number of carbonyl (C=O) groups excluding carboxylic acids is 1. The second-order valence-corrected chi connectivity index (χ2v) is 6.40. The molecule has 0 heterocycles. The minimum absolute atomic E-state index is 0.0678. The Hall–Kier alpha value is -1.00. The van der Waals surface area contributed by atoms with Crippen LogP contribution in [0.3, 0.4) is 0 Å². The van der Waals surface area contributed by atoms with Crippen molar-refractivity contribution in [2.45, 2.75) is 42.2 Å². The number of hydrogen-bond acceptors (Lipinski definition) is 3. The van der Waals surface area contributed by atoms with Crippen molar-refractivity contribution in [1.29, 1.82) is 0 Å². The third-order valence-electron chi connectivity index (χ3n) is 3.09. The van der Waals surface area contributed by atoms with Crippen LogP contribution in [0.15, 0.2) is 29.2 Å². The average molecular weight is 250 g/mol. The summed E-state index contributed by atoms with van der Waals surface area (Å²) in [7, 11) is 0. The van der Waals surface area contributed by atoms with Crippen molar-refractivity contribution < 1.29 is 4.79 Å². The molecular formula is C13H18N2OS. The van der Waals surface area contributed by atoms with Gasteiger partial charge < -0.3 is 0 Å². The number of hydrogen-bond donors (Lipinski definition) is 2. The monoisotopic (exact) mass is 250 g/mol. The van der Waals surface area contributed by atoms with Gasteiger partial charge in [-0.2, -0.15) is 0 Å². The highest BCUT2D eigenvalue weighted by molar-refractivity contribution is 7.99. The van der Waals surface area contributed by atoms with Gasteiger partial charge in [0.1, 0.15) is 0 Å². The van der Waals surface area contributed by atoms with Gasteiger partial charge in [0, 0.05) is 10.1 Å². The lowest BCUT2D eigenvalue weighted by Gasteiger charge is -2.14. The predicted octanol–water partition coefficient (Wildman–Crippen LogP) is 2.21. The summed E-state index contributed by atoms with van der Waals surface area (Å²) in [4.78, 5) is 13.0. The minimum Gasteiger partial charge on any atom is -0.293 e. The van der Waals surface area contributed by atoms with Crippen LogP contribution in [-0.2, 0) is 10.2 Å². The van der Waals surface area contributed by atoms with E-state index >= 15 is 0 Å². The van der Waals surface area contributed by atoms with E-state index in [2.05, 4.69) is 31.4 Å². The van der Waals surface area contributed by atoms with Gasteiger partial charge in [0.05, 0.1) is 5.41 Å². The molecule has 1 amide bonds. The topological polar surface area (TPSA) is 55.1 Å². The Morgan fingerprint density at radius 2 is 1.94 bits per heavy atom. The van der Waals surface area contributed by atoms with Gasteiger partial charge >= 0.3 is 0 Å². The number of nitrogens with one attached hydrogen (secondary N) is 1. The minimum atomic E-state index is -0.351. The van der Waals surface area contributed by atoms with Crippen molar-refractivity contribution in [2.75, 3.05) is 0 Å². The Morgan fingerprint density at radius 1 is 1.35 bits per heavy atom. The molecule has 3 N–H and O–H groups in total. The first-order valence-electron chi connectivity index (χ1n) is 5.87. The fourth-order valence-electron chi connectivity index (χ4n) is 2.03. The number of carbonyl (C=O) groups is 1. The summed E-state index contributed by atoms with van der Waals surface area (Å²) in [5, 5.41) is 0.572. The molecule has 0 unspecified atom stereocenters. The molecule has 2 rings (SSSR count). The van der Waals surface area contributed by atoms with Crippen molar-refractivity contribution in [1.82, 2.24) is 5.43 Å². The van der Waals surface area contributed by atoms with Gasteiger partial charge in [-0.3, -0.25) is 10.2 Å². The Bertz CT molecular complexity index is 410. The molecule has 0 spiro atoms. The van der Waals surface area contributed by atoms with Crippen molar-refractivity contribution >= 4 is 17.7 Å². The predicted molar refractivity (Wildman–Crippen MR) is 70.7 cm³/mol. The lowest BCUT2D eigenvalue weighted by molar-refractivity contribution is -0.123. The molecular weight excluding hydrogens is 232 g/mol. The number of nitrogens with two attached hydrogens (primary N) is 1. The third kappa shape index (κ3) is 2.48. The molecule has 0 aliphatic heterocycles. The Morgan fingerprint density at radius 3 is 2.35 bits per heavy atom. The first kappa shape index (κ1) is 12.5. The van der Waals surface area contributed by atoms with Crippen LogP contribution in [0.4, 0.5) is 0 Å². The van der Waals surface area contributed by atoms with Crippen LogP contribution in [-0.4, -0.2) is 11.2 Å². The first-order valence-corrected chi connectivity index (χ1v) is 6.75. The second-order valence-electron chi connectivity index (χ2n) is 4.75. The number of rotatable bonds is 4. The van der Waals surface area contributed by atoms with Crippen LogP contribution in [0.25, 0.3) is 0 Å².